The first-order chi connectivity index (χ1) is 16.4. The molecule has 3 aromatic carbocycles. The Hall–Kier alpha value is -3.52. The number of para-hydroxylation sites is 2. The zero-order valence-corrected chi connectivity index (χ0v) is 20.0. The van der Waals surface area contributed by atoms with E-state index < -0.39 is 16.1 Å². The number of benzene rings is 3. The number of carbonyl (C=O) groups is 1. The van der Waals surface area contributed by atoms with E-state index in [-0.39, 0.29) is 24.2 Å². The quantitative estimate of drug-likeness (QED) is 0.526. The highest BCUT2D eigenvalue weighted by atomic mass is 32.2. The maximum Gasteiger partial charge on any atom is 0.263 e. The summed E-state index contributed by atoms with van der Waals surface area (Å²) in [7, 11) is -3.75. The molecular weight excluding hydrogens is 452 g/mol. The van der Waals surface area contributed by atoms with Gasteiger partial charge < -0.3 is 14.8 Å². The molecule has 3 aromatic rings. The maximum absolute atomic E-state index is 13.3. The number of fused-ring (bicyclic) bond motifs is 1. The van der Waals surface area contributed by atoms with Crippen molar-refractivity contribution in [2.75, 3.05) is 17.5 Å². The van der Waals surface area contributed by atoms with Crippen molar-refractivity contribution in [3.05, 3.63) is 90.0 Å². The predicted molar refractivity (Wildman–Crippen MR) is 131 cm³/mol. The topological polar surface area (TPSA) is 84.9 Å². The minimum atomic E-state index is -3.75. The summed E-state index contributed by atoms with van der Waals surface area (Å²) in [4.78, 5) is 13.1. The molecule has 34 heavy (non-hydrogen) atoms. The van der Waals surface area contributed by atoms with E-state index in [4.69, 9.17) is 9.47 Å². The molecule has 0 unspecified atom stereocenters. The first-order valence-corrected chi connectivity index (χ1v) is 12.8. The third kappa shape index (κ3) is 5.34. The van der Waals surface area contributed by atoms with Gasteiger partial charge in [-0.15, -0.1) is 0 Å². The lowest BCUT2D eigenvalue weighted by Gasteiger charge is -2.35. The fraction of sp³-hybridized carbons (Fsp3) is 0.269. The molecule has 2 atom stereocenters. The molecule has 1 amide bonds. The molecule has 0 aliphatic carbocycles. The minimum Gasteiger partial charge on any atom is -0.494 e. The number of amides is 1. The van der Waals surface area contributed by atoms with Crippen LogP contribution in [0.4, 0.5) is 5.69 Å². The number of nitrogens with one attached hydrogen (secondary N) is 1. The minimum absolute atomic E-state index is 0.103. The second-order valence-corrected chi connectivity index (χ2v) is 9.97. The number of hydrogen-bond acceptors (Lipinski definition) is 5. The van der Waals surface area contributed by atoms with E-state index in [1.54, 1.807) is 48.5 Å². The van der Waals surface area contributed by atoms with Crippen molar-refractivity contribution in [1.29, 1.82) is 0 Å². The third-order valence-electron chi connectivity index (χ3n) is 5.60. The summed E-state index contributed by atoms with van der Waals surface area (Å²) in [6.07, 6.45) is -0.981. The van der Waals surface area contributed by atoms with Crippen LogP contribution in [0.2, 0.25) is 0 Å². The van der Waals surface area contributed by atoms with Crippen molar-refractivity contribution >= 4 is 21.6 Å². The molecular formula is C26H28N2O5S. The van der Waals surface area contributed by atoms with Gasteiger partial charge in [-0.05, 0) is 49.2 Å². The van der Waals surface area contributed by atoms with Gasteiger partial charge in [0, 0.05) is 0 Å². The monoisotopic (exact) mass is 480 g/mol. The maximum atomic E-state index is 13.3. The van der Waals surface area contributed by atoms with E-state index in [0.717, 1.165) is 11.3 Å². The summed E-state index contributed by atoms with van der Waals surface area (Å²) in [5.41, 5.74) is 2.01. The first kappa shape index (κ1) is 23.6. The van der Waals surface area contributed by atoms with E-state index in [0.29, 0.717) is 23.6 Å². The Kier molecular flexibility index (Phi) is 7.07. The van der Waals surface area contributed by atoms with Crippen molar-refractivity contribution in [2.45, 2.75) is 31.7 Å². The molecule has 0 aromatic heterocycles. The van der Waals surface area contributed by atoms with E-state index in [1.165, 1.54) is 4.31 Å². The van der Waals surface area contributed by atoms with Crippen LogP contribution in [0, 0.1) is 0 Å². The summed E-state index contributed by atoms with van der Waals surface area (Å²) in [5.74, 6) is 0.574. The highest BCUT2D eigenvalue weighted by molar-refractivity contribution is 7.92. The Morgan fingerprint density at radius 1 is 1.06 bits per heavy atom. The lowest BCUT2D eigenvalue weighted by Crippen LogP contribution is -2.51. The number of sulfonamides is 1. The van der Waals surface area contributed by atoms with Crippen LogP contribution in [0.1, 0.15) is 31.0 Å². The van der Waals surface area contributed by atoms with Gasteiger partial charge >= 0.3 is 0 Å². The van der Waals surface area contributed by atoms with Crippen LogP contribution in [0.25, 0.3) is 0 Å². The molecule has 8 heteroatoms. The summed E-state index contributed by atoms with van der Waals surface area (Å²) in [6, 6.07) is 23.1. The Morgan fingerprint density at radius 3 is 2.44 bits per heavy atom. The highest BCUT2D eigenvalue weighted by Crippen LogP contribution is 2.36. The van der Waals surface area contributed by atoms with Crippen LogP contribution >= 0.6 is 0 Å². The second-order valence-electron chi connectivity index (χ2n) is 8.08. The van der Waals surface area contributed by atoms with Crippen LogP contribution in [0.5, 0.6) is 11.5 Å². The molecule has 1 heterocycles. The van der Waals surface area contributed by atoms with Gasteiger partial charge in [0.25, 0.3) is 5.91 Å². The Morgan fingerprint density at radius 2 is 1.74 bits per heavy atom. The van der Waals surface area contributed by atoms with Gasteiger partial charge in [-0.25, -0.2) is 8.42 Å². The number of nitrogens with zero attached hydrogens (tertiary/aromatic N) is 1. The number of rotatable bonds is 8. The SMILES string of the molecule is CCOc1ccc([C@@H](C)NC(=O)[C@@H]2CN(S(=O)(=O)Cc3ccccc3)c3ccccc3O2)cc1. The van der Waals surface area contributed by atoms with Crippen LogP contribution in [0.3, 0.4) is 0 Å². The first-order valence-electron chi connectivity index (χ1n) is 11.2. The van der Waals surface area contributed by atoms with Crippen LogP contribution in [-0.4, -0.2) is 33.6 Å². The Bertz CT molecular complexity index is 1230. The van der Waals surface area contributed by atoms with Gasteiger partial charge in [-0.1, -0.05) is 54.6 Å². The molecule has 1 N–H and O–H groups in total. The number of carbonyl (C=O) groups excluding carboxylic acids is 1. The van der Waals surface area contributed by atoms with E-state index >= 15 is 0 Å². The molecule has 0 bridgehead atoms. The van der Waals surface area contributed by atoms with Gasteiger partial charge in [0.15, 0.2) is 6.10 Å². The molecule has 1 aliphatic rings. The molecule has 0 saturated heterocycles. The van der Waals surface area contributed by atoms with Crippen LogP contribution in [-0.2, 0) is 20.6 Å². The van der Waals surface area contributed by atoms with Gasteiger partial charge in [0.05, 0.1) is 30.6 Å². The lowest BCUT2D eigenvalue weighted by atomic mass is 10.1. The van der Waals surface area contributed by atoms with Crippen molar-refractivity contribution in [1.82, 2.24) is 5.32 Å². The smallest absolute Gasteiger partial charge is 0.263 e. The molecule has 0 radical (unpaired) electrons. The molecule has 0 saturated carbocycles. The summed E-state index contributed by atoms with van der Waals surface area (Å²) in [6.45, 7) is 4.26. The standard InChI is InChI=1S/C26H28N2O5S/c1-3-32-22-15-13-21(14-16-22)19(2)27-26(29)25-17-28(23-11-7-8-12-24(23)33-25)34(30,31)18-20-9-5-4-6-10-20/h4-16,19,25H,3,17-18H2,1-2H3,(H,27,29)/t19-,25+/m1/s1. The number of ether oxygens (including phenoxy) is 2. The summed E-state index contributed by atoms with van der Waals surface area (Å²) < 4.78 is 39.4. The van der Waals surface area contributed by atoms with Gasteiger partial charge in [0.1, 0.15) is 11.5 Å². The van der Waals surface area contributed by atoms with E-state index in [1.807, 2.05) is 44.2 Å². The Balaban J connectivity index is 1.52. The average molecular weight is 481 g/mol. The van der Waals surface area contributed by atoms with Crippen molar-refractivity contribution in [3.63, 3.8) is 0 Å². The fourth-order valence-corrected chi connectivity index (χ4v) is 5.46. The zero-order valence-electron chi connectivity index (χ0n) is 19.2. The van der Waals surface area contributed by atoms with E-state index in [2.05, 4.69) is 5.32 Å². The van der Waals surface area contributed by atoms with Gasteiger partial charge in [-0.3, -0.25) is 9.10 Å². The van der Waals surface area contributed by atoms with E-state index in [9.17, 15) is 13.2 Å². The summed E-state index contributed by atoms with van der Waals surface area (Å²) in [5, 5.41) is 2.94. The summed E-state index contributed by atoms with van der Waals surface area (Å²) >= 11 is 0. The van der Waals surface area contributed by atoms with Crippen molar-refractivity contribution in [3.8, 4) is 11.5 Å². The lowest BCUT2D eigenvalue weighted by molar-refractivity contribution is -0.128. The van der Waals surface area contributed by atoms with Crippen LogP contribution in [0.15, 0.2) is 78.9 Å². The highest BCUT2D eigenvalue weighted by Gasteiger charge is 2.37. The number of hydrogen-bond donors (Lipinski definition) is 1. The normalized spacial score (nSPS) is 16.2. The molecule has 0 spiro atoms. The molecule has 0 fully saturated rings. The second kappa shape index (κ2) is 10.2. The van der Waals surface area contributed by atoms with Crippen LogP contribution < -0.4 is 19.1 Å². The van der Waals surface area contributed by atoms with Crippen molar-refractivity contribution in [2.24, 2.45) is 0 Å². The predicted octanol–water partition coefficient (Wildman–Crippen LogP) is 4.06. The Labute approximate surface area is 200 Å². The van der Waals surface area contributed by atoms with Crippen molar-refractivity contribution < 1.29 is 22.7 Å². The molecule has 1 aliphatic heterocycles. The number of anilines is 1. The fourth-order valence-electron chi connectivity index (χ4n) is 3.87. The third-order valence-corrected chi connectivity index (χ3v) is 7.32. The zero-order chi connectivity index (χ0) is 24.1. The van der Waals surface area contributed by atoms with Gasteiger partial charge in [0.2, 0.25) is 10.0 Å². The van der Waals surface area contributed by atoms with Gasteiger partial charge in [-0.2, -0.15) is 0 Å². The molecule has 7 nitrogen and oxygen atoms in total. The largest absolute Gasteiger partial charge is 0.494 e. The molecule has 178 valence electrons. The average Bonchev–Trinajstić information content (AvgIpc) is 2.84. The molecule has 4 rings (SSSR count).